The van der Waals surface area contributed by atoms with Crippen LogP contribution in [0.5, 0.6) is 0 Å². The van der Waals surface area contributed by atoms with E-state index in [-0.39, 0.29) is 18.1 Å². The molecule has 9 heteroatoms. The lowest BCUT2D eigenvalue weighted by molar-refractivity contribution is -0.144. The number of para-hydroxylation sites is 1. The van der Waals surface area contributed by atoms with Gasteiger partial charge in [-0.3, -0.25) is 4.79 Å². The molecule has 0 saturated heterocycles. The van der Waals surface area contributed by atoms with E-state index in [1.54, 1.807) is 12.1 Å². The first kappa shape index (κ1) is 20.3. The van der Waals surface area contributed by atoms with Crippen molar-refractivity contribution in [1.29, 1.82) is 0 Å². The number of carbonyl (C=O) groups excluding carboxylic acids is 2. The molecule has 4 aromatic rings. The van der Waals surface area contributed by atoms with Gasteiger partial charge in [0.05, 0.1) is 13.3 Å². The van der Waals surface area contributed by atoms with Crippen LogP contribution in [0, 0.1) is 5.82 Å². The molecule has 0 aliphatic carbocycles. The molecule has 8 nitrogen and oxygen atoms in total. The van der Waals surface area contributed by atoms with E-state index >= 15 is 0 Å². The average Bonchev–Trinajstić information content (AvgIpc) is 3.38. The fraction of sp³-hybridized carbons (Fsp3) is 0.182. The average molecular weight is 421 g/mol. The molecule has 0 unspecified atom stereocenters. The number of rotatable bonds is 6. The van der Waals surface area contributed by atoms with Gasteiger partial charge in [0, 0.05) is 35.4 Å². The number of hydrogen-bond donors (Lipinski definition) is 2. The second-order valence-electron chi connectivity index (χ2n) is 7.01. The molecule has 2 heterocycles. The zero-order chi connectivity index (χ0) is 22.0. The Bertz CT molecular complexity index is 1260. The van der Waals surface area contributed by atoms with Crippen LogP contribution in [0.4, 0.5) is 4.39 Å². The Hall–Kier alpha value is -4.01. The van der Waals surface area contributed by atoms with Crippen molar-refractivity contribution < 1.29 is 18.7 Å². The van der Waals surface area contributed by atoms with Crippen molar-refractivity contribution in [3.63, 3.8) is 0 Å². The summed E-state index contributed by atoms with van der Waals surface area (Å²) >= 11 is 0. The molecular formula is C22H20FN5O3. The number of hydrogen-bond acceptors (Lipinski definition) is 5. The molecule has 1 amide bonds. The van der Waals surface area contributed by atoms with Gasteiger partial charge in [0.2, 0.25) is 5.91 Å². The molecule has 0 fully saturated rings. The van der Waals surface area contributed by atoms with Gasteiger partial charge in [-0.25, -0.2) is 9.18 Å². The molecule has 0 aliphatic heterocycles. The van der Waals surface area contributed by atoms with Crippen molar-refractivity contribution in [3.05, 3.63) is 66.1 Å². The highest BCUT2D eigenvalue weighted by atomic mass is 19.1. The van der Waals surface area contributed by atoms with Crippen LogP contribution < -0.4 is 5.32 Å². The number of nitrogens with zero attached hydrogens (tertiary/aromatic N) is 3. The summed E-state index contributed by atoms with van der Waals surface area (Å²) in [4.78, 5) is 28.6. The summed E-state index contributed by atoms with van der Waals surface area (Å²) in [5, 5.41) is 12.3. The van der Waals surface area contributed by atoms with E-state index in [4.69, 9.17) is 4.74 Å². The number of methoxy groups -OCH3 is 1. The molecule has 0 bridgehead atoms. The predicted octanol–water partition coefficient (Wildman–Crippen LogP) is 2.77. The van der Waals surface area contributed by atoms with E-state index in [0.29, 0.717) is 17.1 Å². The van der Waals surface area contributed by atoms with Gasteiger partial charge in [0.15, 0.2) is 5.82 Å². The zero-order valence-electron chi connectivity index (χ0n) is 16.9. The Balaban J connectivity index is 1.78. The largest absolute Gasteiger partial charge is 0.467 e. The highest BCUT2D eigenvalue weighted by Gasteiger charge is 2.25. The third-order valence-electron chi connectivity index (χ3n) is 4.87. The third-order valence-corrected chi connectivity index (χ3v) is 4.87. The summed E-state index contributed by atoms with van der Waals surface area (Å²) in [5.41, 5.74) is 2.65. The quantitative estimate of drug-likeness (QED) is 0.466. The van der Waals surface area contributed by atoms with Crippen LogP contribution in [0.3, 0.4) is 0 Å². The minimum Gasteiger partial charge on any atom is -0.467 e. The summed E-state index contributed by atoms with van der Waals surface area (Å²) < 4.78 is 18.5. The standard InChI is InChI=1S/C22H20FN5O3/c1-13(29)25-19(22(30)31-2)11-17-16-8-3-4-9-18(16)26-21(17)28-24-12-20(27-28)14-6-5-7-15(23)10-14/h3-10,12,19,26H,11H2,1-2H3,(H,25,29)/t19-/m0/s1. The molecule has 0 radical (unpaired) electrons. The second kappa shape index (κ2) is 8.39. The molecule has 0 aliphatic rings. The van der Waals surface area contributed by atoms with Crippen molar-refractivity contribution in [1.82, 2.24) is 25.3 Å². The van der Waals surface area contributed by atoms with Crippen molar-refractivity contribution in [2.24, 2.45) is 0 Å². The van der Waals surface area contributed by atoms with Crippen molar-refractivity contribution in [3.8, 4) is 17.1 Å². The smallest absolute Gasteiger partial charge is 0.328 e. The van der Waals surface area contributed by atoms with Gasteiger partial charge < -0.3 is 15.0 Å². The fourth-order valence-corrected chi connectivity index (χ4v) is 3.50. The maximum Gasteiger partial charge on any atom is 0.328 e. The molecule has 31 heavy (non-hydrogen) atoms. The maximum atomic E-state index is 13.6. The number of benzene rings is 2. The summed E-state index contributed by atoms with van der Waals surface area (Å²) in [7, 11) is 1.27. The molecule has 0 saturated carbocycles. The Morgan fingerprint density at radius 1 is 1.23 bits per heavy atom. The minimum atomic E-state index is -0.876. The highest BCUT2D eigenvalue weighted by Crippen LogP contribution is 2.27. The van der Waals surface area contributed by atoms with Crippen molar-refractivity contribution >= 4 is 22.8 Å². The summed E-state index contributed by atoms with van der Waals surface area (Å²) in [6, 6.07) is 12.8. The van der Waals surface area contributed by atoms with Crippen molar-refractivity contribution in [2.45, 2.75) is 19.4 Å². The number of nitrogens with one attached hydrogen (secondary N) is 2. The minimum absolute atomic E-state index is 0.169. The van der Waals surface area contributed by atoms with Crippen LogP contribution >= 0.6 is 0 Å². The summed E-state index contributed by atoms with van der Waals surface area (Å²) in [5.74, 6) is -0.722. The normalized spacial score (nSPS) is 12.0. The summed E-state index contributed by atoms with van der Waals surface area (Å²) in [6.07, 6.45) is 1.71. The SMILES string of the molecule is COC(=O)[C@H](Cc1c(-n2ncc(-c3cccc(F)c3)n2)[nH]c2ccccc12)NC(C)=O. The number of H-pyrrole nitrogens is 1. The number of halogens is 1. The van der Waals surface area contributed by atoms with Crippen LogP contribution in [0.15, 0.2) is 54.7 Å². The monoisotopic (exact) mass is 421 g/mol. The second-order valence-corrected chi connectivity index (χ2v) is 7.01. The number of amides is 1. The molecular weight excluding hydrogens is 401 g/mol. The first-order chi connectivity index (χ1) is 15.0. The lowest BCUT2D eigenvalue weighted by Crippen LogP contribution is -2.42. The van der Waals surface area contributed by atoms with E-state index in [1.165, 1.54) is 37.2 Å². The zero-order valence-corrected chi connectivity index (χ0v) is 16.9. The van der Waals surface area contributed by atoms with E-state index in [2.05, 4.69) is 20.5 Å². The van der Waals surface area contributed by atoms with Crippen molar-refractivity contribution in [2.75, 3.05) is 7.11 Å². The Morgan fingerprint density at radius 2 is 2.03 bits per heavy atom. The molecule has 0 spiro atoms. The maximum absolute atomic E-state index is 13.6. The van der Waals surface area contributed by atoms with E-state index in [0.717, 1.165) is 16.5 Å². The Labute approximate surface area is 177 Å². The molecule has 2 aromatic carbocycles. The van der Waals surface area contributed by atoms with Crippen LogP contribution in [0.1, 0.15) is 12.5 Å². The van der Waals surface area contributed by atoms with Crippen LogP contribution in [-0.2, 0) is 20.7 Å². The van der Waals surface area contributed by atoms with Gasteiger partial charge in [0.25, 0.3) is 0 Å². The predicted molar refractivity (Wildman–Crippen MR) is 112 cm³/mol. The lowest BCUT2D eigenvalue weighted by Gasteiger charge is -2.16. The van der Waals surface area contributed by atoms with Crippen LogP contribution in [0.2, 0.25) is 0 Å². The number of aromatic nitrogens is 4. The van der Waals surface area contributed by atoms with Gasteiger partial charge in [-0.2, -0.15) is 5.10 Å². The summed E-state index contributed by atoms with van der Waals surface area (Å²) in [6.45, 7) is 1.34. The van der Waals surface area contributed by atoms with E-state index in [9.17, 15) is 14.0 Å². The number of esters is 1. The number of fused-ring (bicyclic) bond motifs is 1. The van der Waals surface area contributed by atoms with Gasteiger partial charge >= 0.3 is 5.97 Å². The number of aromatic amines is 1. The topological polar surface area (TPSA) is 102 Å². The number of ether oxygens (including phenoxy) is 1. The molecule has 2 aromatic heterocycles. The lowest BCUT2D eigenvalue weighted by atomic mass is 10.0. The Morgan fingerprint density at radius 3 is 2.77 bits per heavy atom. The van der Waals surface area contributed by atoms with Gasteiger partial charge in [-0.1, -0.05) is 30.3 Å². The molecule has 2 N–H and O–H groups in total. The number of carbonyl (C=O) groups is 2. The molecule has 4 rings (SSSR count). The van der Waals surface area contributed by atoms with Gasteiger partial charge in [-0.15, -0.1) is 9.90 Å². The molecule has 1 atom stereocenters. The fourth-order valence-electron chi connectivity index (χ4n) is 3.50. The van der Waals surface area contributed by atoms with Crippen LogP contribution in [-0.4, -0.2) is 45.0 Å². The third kappa shape index (κ3) is 4.16. The van der Waals surface area contributed by atoms with E-state index in [1.807, 2.05) is 24.3 Å². The van der Waals surface area contributed by atoms with Gasteiger partial charge in [0.1, 0.15) is 17.6 Å². The molecule has 158 valence electrons. The highest BCUT2D eigenvalue weighted by molar-refractivity contribution is 5.89. The van der Waals surface area contributed by atoms with E-state index < -0.39 is 12.0 Å². The first-order valence-electron chi connectivity index (χ1n) is 9.59. The van der Waals surface area contributed by atoms with Crippen LogP contribution in [0.25, 0.3) is 28.0 Å². The van der Waals surface area contributed by atoms with Gasteiger partial charge in [-0.05, 0) is 18.2 Å². The first-order valence-corrected chi connectivity index (χ1v) is 9.59. The Kier molecular flexibility index (Phi) is 5.48.